The lowest BCUT2D eigenvalue weighted by atomic mass is 10.3. The fraction of sp³-hybridized carbons (Fsp3) is 0.222. The van der Waals surface area contributed by atoms with E-state index >= 15 is 0 Å². The van der Waals surface area contributed by atoms with E-state index in [0.29, 0.717) is 18.7 Å². The van der Waals surface area contributed by atoms with Crippen LogP contribution in [0.25, 0.3) is 0 Å². The molecule has 1 aromatic heterocycles. The third-order valence-electron chi connectivity index (χ3n) is 1.87. The quantitative estimate of drug-likeness (QED) is 0.549. The molecule has 0 atom stereocenters. The zero-order chi connectivity index (χ0) is 10.8. The Bertz CT molecular complexity index is 447. The first-order valence-electron chi connectivity index (χ1n) is 4.31. The van der Waals surface area contributed by atoms with Crippen molar-refractivity contribution in [3.05, 3.63) is 40.3 Å². The number of furan rings is 1. The minimum Gasteiger partial charge on any atom is -0.441 e. The van der Waals surface area contributed by atoms with Gasteiger partial charge in [-0.2, -0.15) is 0 Å². The maximum atomic E-state index is 10.4. The van der Waals surface area contributed by atoms with Crippen molar-refractivity contribution in [2.45, 2.75) is 6.42 Å². The van der Waals surface area contributed by atoms with Crippen LogP contribution in [0, 0.1) is 10.1 Å². The summed E-state index contributed by atoms with van der Waals surface area (Å²) in [7, 11) is 0. The second-order valence-electron chi connectivity index (χ2n) is 2.97. The average molecular weight is 208 g/mol. The molecular weight excluding hydrogens is 200 g/mol. The van der Waals surface area contributed by atoms with E-state index in [2.05, 4.69) is 11.6 Å². The molecule has 0 radical (unpaired) electrons. The lowest BCUT2D eigenvalue weighted by molar-refractivity contribution is -0.402. The van der Waals surface area contributed by atoms with E-state index in [0.717, 1.165) is 0 Å². The summed E-state index contributed by atoms with van der Waals surface area (Å²) in [5, 5.41) is 10.4. The minimum atomic E-state index is -0.609. The number of ether oxygens (including phenoxy) is 1. The Morgan fingerprint density at radius 2 is 2.33 bits per heavy atom. The molecule has 0 saturated carbocycles. The van der Waals surface area contributed by atoms with Crippen molar-refractivity contribution in [1.29, 1.82) is 0 Å². The summed E-state index contributed by atoms with van der Waals surface area (Å²) < 4.78 is 10.1. The Labute approximate surface area is 85.0 Å². The van der Waals surface area contributed by atoms with E-state index < -0.39 is 4.92 Å². The first-order valence-corrected chi connectivity index (χ1v) is 4.31. The lowest BCUT2D eigenvalue weighted by Gasteiger charge is -2.12. The highest BCUT2D eigenvalue weighted by molar-refractivity contribution is 5.92. The van der Waals surface area contributed by atoms with Gasteiger partial charge in [0.15, 0.2) is 5.76 Å². The molecule has 0 saturated heterocycles. The van der Waals surface area contributed by atoms with Gasteiger partial charge in [-0.3, -0.25) is 10.1 Å². The van der Waals surface area contributed by atoms with E-state index in [1.807, 2.05) is 0 Å². The molecule has 0 fully saturated rings. The molecule has 78 valence electrons. The number of nitro groups is 1. The number of nitrogens with zero attached hydrogens (tertiary/aromatic N) is 2. The maximum Gasteiger partial charge on any atom is 0.433 e. The molecule has 0 unspecified atom stereocenters. The van der Waals surface area contributed by atoms with Gasteiger partial charge >= 0.3 is 5.88 Å². The Morgan fingerprint density at radius 3 is 2.93 bits per heavy atom. The van der Waals surface area contributed by atoms with Gasteiger partial charge in [0.1, 0.15) is 10.7 Å². The highest BCUT2D eigenvalue weighted by Gasteiger charge is 2.19. The van der Waals surface area contributed by atoms with Crippen LogP contribution in [0.2, 0.25) is 0 Å². The highest BCUT2D eigenvalue weighted by Crippen LogP contribution is 2.20. The summed E-state index contributed by atoms with van der Waals surface area (Å²) in [5.41, 5.74) is 0. The van der Waals surface area contributed by atoms with Crippen LogP contribution in [0.15, 0.2) is 33.9 Å². The Balaban J connectivity index is 2.26. The van der Waals surface area contributed by atoms with Gasteiger partial charge in [-0.15, -0.1) is 0 Å². The molecule has 2 heterocycles. The van der Waals surface area contributed by atoms with Crippen LogP contribution in [0.5, 0.6) is 0 Å². The van der Waals surface area contributed by atoms with Gasteiger partial charge in [-0.05, 0) is 6.07 Å². The van der Waals surface area contributed by atoms with Gasteiger partial charge in [-0.1, -0.05) is 6.58 Å². The van der Waals surface area contributed by atoms with E-state index in [1.54, 1.807) is 0 Å². The van der Waals surface area contributed by atoms with Crippen LogP contribution < -0.4 is 0 Å². The molecule has 1 aromatic rings. The van der Waals surface area contributed by atoms with Crippen LogP contribution in [0.3, 0.4) is 0 Å². The Morgan fingerprint density at radius 1 is 1.53 bits per heavy atom. The zero-order valence-electron chi connectivity index (χ0n) is 7.80. The van der Waals surface area contributed by atoms with Crippen LogP contribution in [0.1, 0.15) is 12.2 Å². The van der Waals surface area contributed by atoms with Gasteiger partial charge in [0.05, 0.1) is 12.6 Å². The Hall–Kier alpha value is -2.11. The number of hydrogen-bond donors (Lipinski definition) is 0. The van der Waals surface area contributed by atoms with Crippen LogP contribution >= 0.6 is 0 Å². The molecule has 6 nitrogen and oxygen atoms in total. The van der Waals surface area contributed by atoms with Crippen molar-refractivity contribution < 1.29 is 14.1 Å². The monoisotopic (exact) mass is 208 g/mol. The predicted octanol–water partition coefficient (Wildman–Crippen LogP) is 1.87. The van der Waals surface area contributed by atoms with E-state index in [-0.39, 0.29) is 17.5 Å². The first-order chi connectivity index (χ1) is 7.16. The number of aliphatic imine (C=N–C) groups is 1. The summed E-state index contributed by atoms with van der Waals surface area (Å²) in [5.74, 6) is 0.758. The van der Waals surface area contributed by atoms with Gasteiger partial charge in [0.25, 0.3) is 5.90 Å². The van der Waals surface area contributed by atoms with Crippen LogP contribution in [-0.4, -0.2) is 17.4 Å². The van der Waals surface area contributed by atoms with Crippen LogP contribution in [-0.2, 0) is 4.74 Å². The molecule has 0 bridgehead atoms. The highest BCUT2D eigenvalue weighted by atomic mass is 16.6. The molecule has 1 aliphatic heterocycles. The van der Waals surface area contributed by atoms with Crippen molar-refractivity contribution >= 4 is 11.8 Å². The third-order valence-corrected chi connectivity index (χ3v) is 1.87. The second kappa shape index (κ2) is 3.56. The van der Waals surface area contributed by atoms with Crippen molar-refractivity contribution in [1.82, 2.24) is 0 Å². The van der Waals surface area contributed by atoms with E-state index in [4.69, 9.17) is 9.15 Å². The SMILES string of the molecule is C=C1CCN=C(c2ccc([N+](=O)[O-])o2)O1. The third kappa shape index (κ3) is 1.88. The maximum absolute atomic E-state index is 10.4. The standard InChI is InChI=1S/C9H8N2O4/c1-6-4-5-10-9(14-6)7-2-3-8(15-7)11(12)13/h2-3H,1,4-5H2. The summed E-state index contributed by atoms with van der Waals surface area (Å²) in [6, 6.07) is 2.72. The van der Waals surface area contributed by atoms with Gasteiger partial charge in [0, 0.05) is 6.42 Å². The molecule has 0 N–H and O–H groups in total. The van der Waals surface area contributed by atoms with Crippen molar-refractivity contribution in [2.24, 2.45) is 4.99 Å². The molecule has 0 aromatic carbocycles. The van der Waals surface area contributed by atoms with E-state index in [9.17, 15) is 10.1 Å². The van der Waals surface area contributed by atoms with Crippen molar-refractivity contribution in [3.63, 3.8) is 0 Å². The second-order valence-corrected chi connectivity index (χ2v) is 2.97. The number of rotatable bonds is 2. The van der Waals surface area contributed by atoms with Gasteiger partial charge in [-0.25, -0.2) is 4.99 Å². The summed E-state index contributed by atoms with van der Waals surface area (Å²) in [6.45, 7) is 4.21. The fourth-order valence-electron chi connectivity index (χ4n) is 1.17. The zero-order valence-corrected chi connectivity index (χ0v) is 7.80. The molecule has 1 aliphatic rings. The van der Waals surface area contributed by atoms with E-state index in [1.165, 1.54) is 12.1 Å². The molecule has 0 amide bonds. The summed E-state index contributed by atoms with van der Waals surface area (Å²) in [6.07, 6.45) is 0.659. The molecule has 2 rings (SSSR count). The molecule has 6 heteroatoms. The fourth-order valence-corrected chi connectivity index (χ4v) is 1.17. The smallest absolute Gasteiger partial charge is 0.433 e. The summed E-state index contributed by atoms with van der Waals surface area (Å²) in [4.78, 5) is 13.8. The normalized spacial score (nSPS) is 15.7. The predicted molar refractivity (Wildman–Crippen MR) is 51.6 cm³/mol. The summed E-state index contributed by atoms with van der Waals surface area (Å²) >= 11 is 0. The number of hydrogen-bond acceptors (Lipinski definition) is 5. The molecule has 0 aliphatic carbocycles. The Kier molecular flexibility index (Phi) is 2.24. The molecule has 15 heavy (non-hydrogen) atoms. The minimum absolute atomic E-state index is 0.249. The van der Waals surface area contributed by atoms with Crippen molar-refractivity contribution in [3.8, 4) is 0 Å². The molecular formula is C9H8N2O4. The lowest BCUT2D eigenvalue weighted by Crippen LogP contribution is -2.11. The topological polar surface area (TPSA) is 77.9 Å². The molecule has 0 spiro atoms. The van der Waals surface area contributed by atoms with Crippen molar-refractivity contribution in [2.75, 3.05) is 6.54 Å². The average Bonchev–Trinajstić information content (AvgIpc) is 2.66. The van der Waals surface area contributed by atoms with Crippen LogP contribution in [0.4, 0.5) is 5.88 Å². The van der Waals surface area contributed by atoms with Gasteiger partial charge < -0.3 is 9.15 Å². The first kappa shape index (κ1) is 9.45. The largest absolute Gasteiger partial charge is 0.441 e. The van der Waals surface area contributed by atoms with Gasteiger partial charge in [0.2, 0.25) is 0 Å².